The summed E-state index contributed by atoms with van der Waals surface area (Å²) in [5.74, 6) is 0.983. The zero-order valence-corrected chi connectivity index (χ0v) is 16.8. The molecule has 0 saturated carbocycles. The number of nitrogens with one attached hydrogen (secondary N) is 1. The smallest absolute Gasteiger partial charge is 0.242 e. The Hall–Kier alpha value is -2.60. The summed E-state index contributed by atoms with van der Waals surface area (Å²) in [6, 6.07) is 17.7. The Morgan fingerprint density at radius 2 is 1.82 bits per heavy atom. The molecule has 1 amide bonds. The van der Waals surface area contributed by atoms with Gasteiger partial charge in [-0.05, 0) is 37.5 Å². The molecule has 0 aliphatic carbocycles. The average Bonchev–Trinajstić information content (AvgIpc) is 2.94. The summed E-state index contributed by atoms with van der Waals surface area (Å²) < 4.78 is 2.19. The highest BCUT2D eigenvalue weighted by Crippen LogP contribution is 2.36. The van der Waals surface area contributed by atoms with Gasteiger partial charge in [0.25, 0.3) is 0 Å². The summed E-state index contributed by atoms with van der Waals surface area (Å²) >= 11 is 1.48. The number of carbonyl (C=O) groups excluding carboxylic acids is 1. The third-order valence-corrected chi connectivity index (χ3v) is 6.19. The molecule has 1 N–H and O–H groups in total. The SMILES string of the molecule is Cc1ccc(NC(=O)[C@H](Sc2nnc3n2CCCCC3)c2ccccc2)cc1. The first-order valence-electron chi connectivity index (χ1n) is 9.72. The highest BCUT2D eigenvalue weighted by Gasteiger charge is 2.26. The molecule has 0 unspecified atom stereocenters. The van der Waals surface area contributed by atoms with Gasteiger partial charge in [0.05, 0.1) is 0 Å². The van der Waals surface area contributed by atoms with E-state index in [4.69, 9.17) is 0 Å². The van der Waals surface area contributed by atoms with Gasteiger partial charge in [0.1, 0.15) is 11.1 Å². The molecule has 3 aromatic rings. The van der Waals surface area contributed by atoms with Gasteiger partial charge >= 0.3 is 0 Å². The maximum Gasteiger partial charge on any atom is 0.242 e. The van der Waals surface area contributed by atoms with E-state index in [0.717, 1.165) is 53.6 Å². The predicted octanol–water partition coefficient (Wildman–Crippen LogP) is 4.79. The maximum atomic E-state index is 13.2. The van der Waals surface area contributed by atoms with Crippen LogP contribution in [0.25, 0.3) is 0 Å². The lowest BCUT2D eigenvalue weighted by Crippen LogP contribution is -2.19. The number of aryl methyl sites for hydroxylation is 2. The molecule has 4 rings (SSSR count). The molecular weight excluding hydrogens is 368 g/mol. The second kappa shape index (κ2) is 8.61. The van der Waals surface area contributed by atoms with Crippen LogP contribution >= 0.6 is 11.8 Å². The first-order chi connectivity index (χ1) is 13.7. The Morgan fingerprint density at radius 3 is 2.61 bits per heavy atom. The molecule has 2 heterocycles. The molecule has 1 aliphatic rings. The lowest BCUT2D eigenvalue weighted by atomic mass is 10.1. The molecule has 0 spiro atoms. The van der Waals surface area contributed by atoms with Crippen LogP contribution in [0.1, 0.15) is 41.5 Å². The largest absolute Gasteiger partial charge is 0.325 e. The van der Waals surface area contributed by atoms with Crippen molar-refractivity contribution >= 4 is 23.4 Å². The topological polar surface area (TPSA) is 59.8 Å². The summed E-state index contributed by atoms with van der Waals surface area (Å²) in [6.07, 6.45) is 4.45. The van der Waals surface area contributed by atoms with Crippen molar-refractivity contribution in [3.05, 3.63) is 71.5 Å². The number of hydrogen-bond acceptors (Lipinski definition) is 4. The number of fused-ring (bicyclic) bond motifs is 1. The Bertz CT molecular complexity index is 937. The lowest BCUT2D eigenvalue weighted by molar-refractivity contribution is -0.115. The molecule has 5 nitrogen and oxygen atoms in total. The lowest BCUT2D eigenvalue weighted by Gasteiger charge is -2.17. The fraction of sp³-hybridized carbons (Fsp3) is 0.318. The predicted molar refractivity (Wildman–Crippen MR) is 112 cm³/mol. The molecule has 1 aromatic heterocycles. The van der Waals surface area contributed by atoms with Crippen LogP contribution in [-0.4, -0.2) is 20.7 Å². The zero-order valence-electron chi connectivity index (χ0n) is 16.0. The van der Waals surface area contributed by atoms with E-state index in [9.17, 15) is 4.79 Å². The van der Waals surface area contributed by atoms with Crippen LogP contribution in [0.2, 0.25) is 0 Å². The van der Waals surface area contributed by atoms with Gasteiger partial charge in [-0.1, -0.05) is 66.2 Å². The monoisotopic (exact) mass is 392 g/mol. The number of rotatable bonds is 5. The first kappa shape index (κ1) is 18.7. The summed E-state index contributed by atoms with van der Waals surface area (Å²) in [5, 5.41) is 12.3. The molecule has 0 radical (unpaired) electrons. The molecule has 28 heavy (non-hydrogen) atoms. The van der Waals surface area contributed by atoms with E-state index in [0.29, 0.717) is 0 Å². The van der Waals surface area contributed by atoms with E-state index in [1.54, 1.807) is 0 Å². The molecule has 1 aliphatic heterocycles. The quantitative estimate of drug-likeness (QED) is 0.635. The standard InChI is InChI=1S/C22H24N4OS/c1-16-11-13-18(14-12-16)23-21(27)20(17-8-4-2-5-9-17)28-22-25-24-19-10-6-3-7-15-26(19)22/h2,4-5,8-9,11-14,20H,3,6-7,10,15H2,1H3,(H,23,27)/t20-/m1/s1. The minimum Gasteiger partial charge on any atom is -0.325 e. The minimum atomic E-state index is -0.390. The van der Waals surface area contributed by atoms with E-state index >= 15 is 0 Å². The number of amides is 1. The molecule has 0 saturated heterocycles. The molecular formula is C22H24N4OS. The van der Waals surface area contributed by atoms with E-state index in [1.807, 2.05) is 61.5 Å². The van der Waals surface area contributed by atoms with Crippen LogP contribution in [-0.2, 0) is 17.8 Å². The maximum absolute atomic E-state index is 13.2. The van der Waals surface area contributed by atoms with Crippen LogP contribution in [0, 0.1) is 6.92 Å². The number of benzene rings is 2. The molecule has 144 valence electrons. The van der Waals surface area contributed by atoms with Crippen LogP contribution in [0.4, 0.5) is 5.69 Å². The fourth-order valence-electron chi connectivity index (χ4n) is 3.40. The fourth-order valence-corrected chi connectivity index (χ4v) is 4.48. The Balaban J connectivity index is 1.60. The van der Waals surface area contributed by atoms with E-state index in [-0.39, 0.29) is 11.2 Å². The van der Waals surface area contributed by atoms with Crippen LogP contribution in [0.3, 0.4) is 0 Å². The highest BCUT2D eigenvalue weighted by atomic mass is 32.2. The second-order valence-electron chi connectivity index (χ2n) is 7.12. The second-order valence-corrected chi connectivity index (χ2v) is 8.20. The Kier molecular flexibility index (Phi) is 5.76. The third-order valence-electron chi connectivity index (χ3n) is 4.96. The number of nitrogens with zero attached hydrogens (tertiary/aromatic N) is 3. The van der Waals surface area contributed by atoms with Crippen molar-refractivity contribution in [1.29, 1.82) is 0 Å². The van der Waals surface area contributed by atoms with Crippen molar-refractivity contribution in [2.45, 2.75) is 49.6 Å². The number of hydrogen-bond donors (Lipinski definition) is 1. The number of carbonyl (C=O) groups is 1. The van der Waals surface area contributed by atoms with E-state index in [1.165, 1.54) is 18.2 Å². The van der Waals surface area contributed by atoms with Gasteiger partial charge in [0.2, 0.25) is 5.91 Å². The summed E-state index contributed by atoms with van der Waals surface area (Å²) in [6.45, 7) is 2.96. The number of thioether (sulfide) groups is 1. The van der Waals surface area contributed by atoms with Gasteiger partial charge in [0.15, 0.2) is 5.16 Å². The van der Waals surface area contributed by atoms with Crippen molar-refractivity contribution in [2.24, 2.45) is 0 Å². The van der Waals surface area contributed by atoms with Gasteiger partial charge in [-0.15, -0.1) is 10.2 Å². The van der Waals surface area contributed by atoms with Crippen molar-refractivity contribution in [2.75, 3.05) is 5.32 Å². The van der Waals surface area contributed by atoms with Crippen molar-refractivity contribution < 1.29 is 4.79 Å². The van der Waals surface area contributed by atoms with E-state index < -0.39 is 0 Å². The van der Waals surface area contributed by atoms with Crippen LogP contribution in [0.15, 0.2) is 59.8 Å². The highest BCUT2D eigenvalue weighted by molar-refractivity contribution is 8.00. The van der Waals surface area contributed by atoms with Gasteiger partial charge in [-0.2, -0.15) is 0 Å². The summed E-state index contributed by atoms with van der Waals surface area (Å²) in [4.78, 5) is 13.2. The van der Waals surface area contributed by atoms with Gasteiger partial charge in [-0.25, -0.2) is 0 Å². The van der Waals surface area contributed by atoms with Gasteiger partial charge in [0, 0.05) is 18.7 Å². The average molecular weight is 393 g/mol. The Morgan fingerprint density at radius 1 is 1.04 bits per heavy atom. The van der Waals surface area contributed by atoms with Gasteiger partial charge < -0.3 is 9.88 Å². The Labute approximate surface area is 169 Å². The molecule has 2 aromatic carbocycles. The first-order valence-corrected chi connectivity index (χ1v) is 10.6. The van der Waals surface area contributed by atoms with Crippen molar-refractivity contribution in [3.8, 4) is 0 Å². The summed E-state index contributed by atoms with van der Waals surface area (Å²) in [7, 11) is 0. The molecule has 0 bridgehead atoms. The third kappa shape index (κ3) is 4.28. The van der Waals surface area contributed by atoms with Crippen molar-refractivity contribution in [3.63, 3.8) is 0 Å². The number of aromatic nitrogens is 3. The van der Waals surface area contributed by atoms with Crippen molar-refractivity contribution in [1.82, 2.24) is 14.8 Å². The summed E-state index contributed by atoms with van der Waals surface area (Å²) in [5.41, 5.74) is 2.93. The molecule has 6 heteroatoms. The van der Waals surface area contributed by atoms with Crippen LogP contribution in [0.5, 0.6) is 0 Å². The normalized spacial score (nSPS) is 14.8. The van der Waals surface area contributed by atoms with E-state index in [2.05, 4.69) is 20.1 Å². The molecule has 1 atom stereocenters. The zero-order chi connectivity index (χ0) is 19.3. The molecule has 0 fully saturated rings. The number of anilines is 1. The van der Waals surface area contributed by atoms with Gasteiger partial charge in [-0.3, -0.25) is 4.79 Å². The van der Waals surface area contributed by atoms with Crippen LogP contribution < -0.4 is 5.32 Å². The minimum absolute atomic E-state index is 0.0500.